The highest BCUT2D eigenvalue weighted by Crippen LogP contribution is 2.37. The molecule has 4 nitrogen and oxygen atoms in total. The summed E-state index contributed by atoms with van der Waals surface area (Å²) >= 11 is 0. The van der Waals surface area contributed by atoms with Crippen molar-refractivity contribution < 1.29 is 13.9 Å². The van der Waals surface area contributed by atoms with Gasteiger partial charge in [-0.25, -0.2) is 18.4 Å². The molecule has 0 aliphatic rings. The fraction of sp³-hybridized carbons (Fsp3) is 0.333. The zero-order valence-electron chi connectivity index (χ0n) is 10.5. The number of aromatic nitrogens is 3. The summed E-state index contributed by atoms with van der Waals surface area (Å²) in [5.41, 5.74) is -1.67. The molecular weight excluding hydrogens is 308 g/mol. The van der Waals surface area contributed by atoms with E-state index in [0.29, 0.717) is 0 Å². The van der Waals surface area contributed by atoms with Gasteiger partial charge >= 0.3 is 0 Å². The third-order valence-electron chi connectivity index (χ3n) is 3.07. The van der Waals surface area contributed by atoms with E-state index in [9.17, 15) is 13.9 Å². The van der Waals surface area contributed by atoms with E-state index in [2.05, 4.69) is 10.1 Å². The lowest BCUT2D eigenvalue weighted by atomic mass is 9.90. The van der Waals surface area contributed by atoms with E-state index in [1.54, 1.807) is 6.92 Å². The Bertz CT molecular complexity index is 584. The highest BCUT2D eigenvalue weighted by Gasteiger charge is 2.39. The second-order valence-corrected chi connectivity index (χ2v) is 5.79. The zero-order valence-corrected chi connectivity index (χ0v) is 12.1. The summed E-state index contributed by atoms with van der Waals surface area (Å²) < 4.78 is 28.4. The van der Waals surface area contributed by atoms with Crippen LogP contribution in [-0.2, 0) is 12.1 Å². The third-order valence-corrected chi connectivity index (χ3v) is 4.53. The Kier molecular flexibility index (Phi) is 4.62. The Morgan fingerprint density at radius 2 is 2.25 bits per heavy atom. The van der Waals surface area contributed by atoms with Crippen LogP contribution >= 0.6 is 21.7 Å². The van der Waals surface area contributed by atoms with E-state index >= 15 is 0 Å². The standard InChI is InChI=1S/C12H12ClF2N3OS/c1-8(20-13)12(19,5-18-7-16-6-17-18)10-3-2-9(14)4-11(10)15/h2-4,6-8,19H,5H2,1H3/t8-,12-/m1/s1. The molecule has 2 rings (SSSR count). The summed E-state index contributed by atoms with van der Waals surface area (Å²) in [6.45, 7) is 1.60. The smallest absolute Gasteiger partial charge is 0.137 e. The third kappa shape index (κ3) is 2.94. The molecule has 0 spiro atoms. The molecule has 0 radical (unpaired) electrons. The molecular formula is C12H12ClF2N3OS. The quantitative estimate of drug-likeness (QED) is 0.920. The van der Waals surface area contributed by atoms with Gasteiger partial charge < -0.3 is 5.11 Å². The van der Waals surface area contributed by atoms with E-state index < -0.39 is 22.5 Å². The summed E-state index contributed by atoms with van der Waals surface area (Å²) in [5, 5.41) is 14.2. The summed E-state index contributed by atoms with van der Waals surface area (Å²) in [7, 11) is 6.59. The van der Waals surface area contributed by atoms with Gasteiger partial charge in [0, 0.05) is 11.6 Å². The van der Waals surface area contributed by atoms with Crippen LogP contribution in [0.1, 0.15) is 12.5 Å². The zero-order chi connectivity index (χ0) is 14.8. The van der Waals surface area contributed by atoms with Crippen molar-refractivity contribution in [3.05, 3.63) is 48.1 Å². The fourth-order valence-electron chi connectivity index (χ4n) is 1.91. The molecule has 2 aromatic rings. The van der Waals surface area contributed by atoms with Crippen molar-refractivity contribution in [2.24, 2.45) is 0 Å². The minimum atomic E-state index is -1.64. The number of aliphatic hydroxyl groups is 1. The van der Waals surface area contributed by atoms with Crippen molar-refractivity contribution in [3.63, 3.8) is 0 Å². The molecule has 0 fully saturated rings. The fourth-order valence-corrected chi connectivity index (χ4v) is 2.70. The number of rotatable bonds is 5. The van der Waals surface area contributed by atoms with Crippen LogP contribution in [0.2, 0.25) is 0 Å². The molecule has 108 valence electrons. The Labute approximate surface area is 123 Å². The van der Waals surface area contributed by atoms with E-state index in [0.717, 1.165) is 23.1 Å². The lowest BCUT2D eigenvalue weighted by Crippen LogP contribution is -2.40. The van der Waals surface area contributed by atoms with Gasteiger partial charge in [0.2, 0.25) is 0 Å². The highest BCUT2D eigenvalue weighted by atomic mass is 35.7. The second kappa shape index (κ2) is 6.07. The van der Waals surface area contributed by atoms with Crippen LogP contribution in [0.15, 0.2) is 30.9 Å². The molecule has 1 heterocycles. The number of benzene rings is 1. The first-order valence-corrected chi connectivity index (χ1v) is 7.45. The normalized spacial score (nSPS) is 15.8. The lowest BCUT2D eigenvalue weighted by Gasteiger charge is -2.33. The SMILES string of the molecule is C[C@@H](SCl)[C@](O)(Cn1cncn1)c1ccc(F)cc1F. The molecule has 0 amide bonds. The number of halogens is 3. The minimum Gasteiger partial charge on any atom is -0.382 e. The van der Waals surface area contributed by atoms with Gasteiger partial charge in [-0.3, -0.25) is 0 Å². The van der Waals surface area contributed by atoms with Crippen LogP contribution in [0, 0.1) is 11.6 Å². The number of nitrogens with zero attached hydrogens (tertiary/aromatic N) is 3. The van der Waals surface area contributed by atoms with E-state index in [1.807, 2.05) is 0 Å². The first kappa shape index (κ1) is 15.2. The molecule has 0 aliphatic heterocycles. The molecule has 2 atom stereocenters. The molecule has 0 saturated carbocycles. The molecule has 1 N–H and O–H groups in total. The molecule has 20 heavy (non-hydrogen) atoms. The van der Waals surface area contributed by atoms with Crippen LogP contribution in [0.4, 0.5) is 8.78 Å². The Hall–Kier alpha value is -1.18. The van der Waals surface area contributed by atoms with Gasteiger partial charge in [0.05, 0.1) is 11.8 Å². The van der Waals surface area contributed by atoms with E-state index in [1.165, 1.54) is 23.4 Å². The van der Waals surface area contributed by atoms with Crippen molar-refractivity contribution >= 4 is 21.7 Å². The first-order valence-electron chi connectivity index (χ1n) is 5.75. The van der Waals surface area contributed by atoms with Gasteiger partial charge in [-0.2, -0.15) is 5.10 Å². The Morgan fingerprint density at radius 1 is 1.50 bits per heavy atom. The van der Waals surface area contributed by atoms with Crippen molar-refractivity contribution in [2.75, 3.05) is 0 Å². The maximum absolute atomic E-state index is 14.0. The van der Waals surface area contributed by atoms with Crippen molar-refractivity contribution in [2.45, 2.75) is 24.3 Å². The van der Waals surface area contributed by atoms with E-state index in [4.69, 9.17) is 10.7 Å². The van der Waals surface area contributed by atoms with Crippen molar-refractivity contribution in [1.29, 1.82) is 0 Å². The van der Waals surface area contributed by atoms with Gasteiger partial charge in [0.1, 0.15) is 29.9 Å². The minimum absolute atomic E-state index is 0.0324. The lowest BCUT2D eigenvalue weighted by molar-refractivity contribution is 0.0136. The molecule has 8 heteroatoms. The Balaban J connectivity index is 2.45. The second-order valence-electron chi connectivity index (χ2n) is 4.37. The largest absolute Gasteiger partial charge is 0.382 e. The van der Waals surface area contributed by atoms with Crippen molar-refractivity contribution in [3.8, 4) is 0 Å². The topological polar surface area (TPSA) is 50.9 Å². The summed E-state index contributed by atoms with van der Waals surface area (Å²) in [5.74, 6) is -1.54. The molecule has 0 unspecified atom stereocenters. The molecule has 1 aromatic carbocycles. The van der Waals surface area contributed by atoms with Gasteiger partial charge in [-0.15, -0.1) is 0 Å². The number of hydrogen-bond donors (Lipinski definition) is 1. The molecule has 0 bridgehead atoms. The molecule has 1 aromatic heterocycles. The van der Waals surface area contributed by atoms with E-state index in [-0.39, 0.29) is 12.1 Å². The summed E-state index contributed by atoms with van der Waals surface area (Å²) in [6, 6.07) is 3.04. The maximum Gasteiger partial charge on any atom is 0.137 e. The van der Waals surface area contributed by atoms with Gasteiger partial charge in [0.25, 0.3) is 0 Å². The first-order chi connectivity index (χ1) is 9.47. The van der Waals surface area contributed by atoms with Crippen LogP contribution < -0.4 is 0 Å². The van der Waals surface area contributed by atoms with Crippen molar-refractivity contribution in [1.82, 2.24) is 14.8 Å². The van der Waals surface area contributed by atoms with Gasteiger partial charge in [-0.1, -0.05) is 6.07 Å². The Morgan fingerprint density at radius 3 is 2.80 bits per heavy atom. The van der Waals surface area contributed by atoms with Crippen LogP contribution in [0.3, 0.4) is 0 Å². The number of hydrogen-bond acceptors (Lipinski definition) is 4. The van der Waals surface area contributed by atoms with Gasteiger partial charge in [0.15, 0.2) is 0 Å². The molecule has 0 aliphatic carbocycles. The monoisotopic (exact) mass is 319 g/mol. The van der Waals surface area contributed by atoms with Crippen LogP contribution in [0.5, 0.6) is 0 Å². The molecule has 0 saturated heterocycles. The predicted molar refractivity (Wildman–Crippen MR) is 73.2 cm³/mol. The predicted octanol–water partition coefficient (Wildman–Crippen LogP) is 2.72. The van der Waals surface area contributed by atoms with Crippen LogP contribution in [0.25, 0.3) is 0 Å². The average Bonchev–Trinajstić information content (AvgIpc) is 2.90. The summed E-state index contributed by atoms with van der Waals surface area (Å²) in [6.07, 6.45) is 2.71. The van der Waals surface area contributed by atoms with Gasteiger partial charge in [-0.05, 0) is 34.6 Å². The summed E-state index contributed by atoms with van der Waals surface area (Å²) in [4.78, 5) is 3.77. The average molecular weight is 320 g/mol. The van der Waals surface area contributed by atoms with Crippen LogP contribution in [-0.4, -0.2) is 25.1 Å². The highest BCUT2D eigenvalue weighted by molar-refractivity contribution is 8.21. The maximum atomic E-state index is 14.0.